The van der Waals surface area contributed by atoms with E-state index < -0.39 is 12.0 Å². The van der Waals surface area contributed by atoms with Crippen LogP contribution in [0.15, 0.2) is 42.5 Å². The van der Waals surface area contributed by atoms with Gasteiger partial charge >= 0.3 is 12.0 Å². The van der Waals surface area contributed by atoms with Gasteiger partial charge in [0.05, 0.1) is 23.4 Å². The van der Waals surface area contributed by atoms with Crippen LogP contribution in [0.1, 0.15) is 15.9 Å². The molecule has 0 spiro atoms. The minimum atomic E-state index is -0.533. The van der Waals surface area contributed by atoms with E-state index in [0.29, 0.717) is 12.0 Å². The summed E-state index contributed by atoms with van der Waals surface area (Å²) in [7, 11) is 1.26. The first kappa shape index (κ1) is 17.7. The highest BCUT2D eigenvalue weighted by molar-refractivity contribution is 6.33. The standard InChI is InChI=1S/C17H16ClFN2O3/c1-24-16(22)12-6-7-13(18)15(10-12)21-17(23)20-9-8-11-4-2-3-5-14(11)19/h2-7,10H,8-9H2,1H3,(H2,20,21,23). The summed E-state index contributed by atoms with van der Waals surface area (Å²) in [5.74, 6) is -0.844. The third kappa shape index (κ3) is 4.70. The van der Waals surface area contributed by atoms with Gasteiger partial charge in [0.15, 0.2) is 0 Å². The molecule has 0 atom stereocenters. The van der Waals surface area contributed by atoms with Gasteiger partial charge in [-0.25, -0.2) is 14.0 Å². The molecule has 0 heterocycles. The molecule has 7 heteroatoms. The van der Waals surface area contributed by atoms with Gasteiger partial charge in [0.2, 0.25) is 0 Å². The predicted octanol–water partition coefficient (Wildman–Crippen LogP) is 3.63. The van der Waals surface area contributed by atoms with Gasteiger partial charge in [-0.2, -0.15) is 0 Å². The second-order valence-corrected chi connectivity index (χ2v) is 5.32. The van der Waals surface area contributed by atoms with Gasteiger partial charge in [0.1, 0.15) is 5.82 Å². The van der Waals surface area contributed by atoms with Crippen molar-refractivity contribution >= 4 is 29.3 Å². The highest BCUT2D eigenvalue weighted by atomic mass is 35.5. The van der Waals surface area contributed by atoms with Crippen LogP contribution >= 0.6 is 11.6 Å². The Bertz CT molecular complexity index is 752. The number of amides is 2. The summed E-state index contributed by atoms with van der Waals surface area (Å²) in [6.07, 6.45) is 0.357. The van der Waals surface area contributed by atoms with Crippen LogP contribution in [0.25, 0.3) is 0 Å². The SMILES string of the molecule is COC(=O)c1ccc(Cl)c(NC(=O)NCCc2ccccc2F)c1. The fourth-order valence-corrected chi connectivity index (χ4v) is 2.21. The molecule has 0 bridgehead atoms. The molecule has 0 aliphatic rings. The zero-order valence-electron chi connectivity index (χ0n) is 12.9. The smallest absolute Gasteiger partial charge is 0.337 e. The van der Waals surface area contributed by atoms with Gasteiger partial charge < -0.3 is 15.4 Å². The highest BCUT2D eigenvalue weighted by Gasteiger charge is 2.11. The number of hydrogen-bond donors (Lipinski definition) is 2. The quantitative estimate of drug-likeness (QED) is 0.809. The molecule has 2 aromatic rings. The number of anilines is 1. The van der Waals surface area contributed by atoms with E-state index >= 15 is 0 Å². The van der Waals surface area contributed by atoms with E-state index in [1.807, 2.05) is 0 Å². The molecule has 24 heavy (non-hydrogen) atoms. The molecule has 2 amide bonds. The third-order valence-electron chi connectivity index (χ3n) is 3.27. The number of hydrogen-bond acceptors (Lipinski definition) is 3. The number of carbonyl (C=O) groups is 2. The predicted molar refractivity (Wildman–Crippen MR) is 89.9 cm³/mol. The number of benzene rings is 2. The molecule has 5 nitrogen and oxygen atoms in total. The van der Waals surface area contributed by atoms with Crippen LogP contribution in [0, 0.1) is 5.82 Å². The van der Waals surface area contributed by atoms with E-state index in [4.69, 9.17) is 11.6 Å². The topological polar surface area (TPSA) is 67.4 Å². The number of ether oxygens (including phenoxy) is 1. The largest absolute Gasteiger partial charge is 0.465 e. The first-order valence-corrected chi connectivity index (χ1v) is 7.55. The Balaban J connectivity index is 1.92. The van der Waals surface area contributed by atoms with Crippen LogP contribution in [-0.4, -0.2) is 25.7 Å². The zero-order valence-corrected chi connectivity index (χ0v) is 13.7. The van der Waals surface area contributed by atoms with E-state index in [9.17, 15) is 14.0 Å². The summed E-state index contributed by atoms with van der Waals surface area (Å²) in [6.45, 7) is 0.251. The van der Waals surface area contributed by atoms with Crippen molar-refractivity contribution < 1.29 is 18.7 Å². The third-order valence-corrected chi connectivity index (χ3v) is 3.60. The normalized spacial score (nSPS) is 10.1. The molecule has 126 valence electrons. The molecule has 2 rings (SSSR count). The first-order valence-electron chi connectivity index (χ1n) is 7.17. The van der Waals surface area contributed by atoms with E-state index in [1.54, 1.807) is 18.2 Å². The lowest BCUT2D eigenvalue weighted by Gasteiger charge is -2.10. The average Bonchev–Trinajstić information content (AvgIpc) is 2.58. The Hall–Kier alpha value is -2.60. The van der Waals surface area contributed by atoms with Crippen LogP contribution in [0.2, 0.25) is 5.02 Å². The lowest BCUT2D eigenvalue weighted by molar-refractivity contribution is 0.0600. The van der Waals surface area contributed by atoms with Crippen LogP contribution in [0.5, 0.6) is 0 Å². The van der Waals surface area contributed by atoms with Gasteiger partial charge in [-0.1, -0.05) is 29.8 Å². The number of carbonyl (C=O) groups excluding carboxylic acids is 2. The van der Waals surface area contributed by atoms with Crippen molar-refractivity contribution in [2.75, 3.05) is 19.0 Å². The van der Waals surface area contributed by atoms with Gasteiger partial charge in [-0.3, -0.25) is 0 Å². The molecule has 0 unspecified atom stereocenters. The van der Waals surface area contributed by atoms with Crippen molar-refractivity contribution in [2.24, 2.45) is 0 Å². The van der Waals surface area contributed by atoms with Crippen molar-refractivity contribution in [2.45, 2.75) is 6.42 Å². The number of nitrogens with one attached hydrogen (secondary N) is 2. The maximum Gasteiger partial charge on any atom is 0.337 e. The Morgan fingerprint density at radius 1 is 1.21 bits per heavy atom. The lowest BCUT2D eigenvalue weighted by atomic mass is 10.1. The van der Waals surface area contributed by atoms with Gasteiger partial charge in [-0.05, 0) is 36.2 Å². The van der Waals surface area contributed by atoms with Crippen molar-refractivity contribution in [3.8, 4) is 0 Å². The zero-order chi connectivity index (χ0) is 17.5. The van der Waals surface area contributed by atoms with Crippen LogP contribution in [-0.2, 0) is 11.2 Å². The van der Waals surface area contributed by atoms with Crippen LogP contribution < -0.4 is 10.6 Å². The molecule has 0 fully saturated rings. The maximum atomic E-state index is 13.5. The Morgan fingerprint density at radius 2 is 1.96 bits per heavy atom. The van der Waals surface area contributed by atoms with Crippen LogP contribution in [0.4, 0.5) is 14.9 Å². The van der Waals surface area contributed by atoms with E-state index in [0.717, 1.165) is 0 Å². The first-order chi connectivity index (χ1) is 11.5. The minimum absolute atomic E-state index is 0.251. The minimum Gasteiger partial charge on any atom is -0.465 e. The van der Waals surface area contributed by atoms with Crippen molar-refractivity contribution in [3.05, 3.63) is 64.4 Å². The molecular weight excluding hydrogens is 335 g/mol. The number of urea groups is 1. The number of esters is 1. The van der Waals surface area contributed by atoms with E-state index in [2.05, 4.69) is 15.4 Å². The number of rotatable bonds is 5. The Morgan fingerprint density at radius 3 is 2.67 bits per heavy atom. The van der Waals surface area contributed by atoms with E-state index in [1.165, 1.54) is 31.4 Å². The Labute approximate surface area is 143 Å². The summed E-state index contributed by atoms with van der Waals surface area (Å²) < 4.78 is 18.1. The second-order valence-electron chi connectivity index (χ2n) is 4.91. The summed E-state index contributed by atoms with van der Waals surface area (Å²) in [4.78, 5) is 23.4. The average molecular weight is 351 g/mol. The Kier molecular flexibility index (Phi) is 6.14. The molecular formula is C17H16ClFN2O3. The molecule has 0 aliphatic carbocycles. The van der Waals surface area contributed by atoms with E-state index in [-0.39, 0.29) is 28.6 Å². The van der Waals surface area contributed by atoms with Gasteiger partial charge in [0, 0.05) is 6.54 Å². The van der Waals surface area contributed by atoms with Crippen molar-refractivity contribution in [1.82, 2.24) is 5.32 Å². The number of methoxy groups -OCH3 is 1. The van der Waals surface area contributed by atoms with Crippen molar-refractivity contribution in [3.63, 3.8) is 0 Å². The van der Waals surface area contributed by atoms with Gasteiger partial charge in [-0.15, -0.1) is 0 Å². The lowest BCUT2D eigenvalue weighted by Crippen LogP contribution is -2.30. The molecule has 0 aliphatic heterocycles. The number of halogens is 2. The molecule has 0 saturated heterocycles. The maximum absolute atomic E-state index is 13.5. The summed E-state index contributed by atoms with van der Waals surface area (Å²) in [6, 6.07) is 10.3. The summed E-state index contributed by atoms with van der Waals surface area (Å²) in [5.41, 5.74) is 1.06. The van der Waals surface area contributed by atoms with Crippen LogP contribution in [0.3, 0.4) is 0 Å². The molecule has 2 aromatic carbocycles. The molecule has 0 radical (unpaired) electrons. The second kappa shape index (κ2) is 8.31. The molecule has 0 aromatic heterocycles. The molecule has 0 saturated carbocycles. The van der Waals surface area contributed by atoms with Gasteiger partial charge in [0.25, 0.3) is 0 Å². The van der Waals surface area contributed by atoms with Crippen molar-refractivity contribution in [1.29, 1.82) is 0 Å². The molecule has 2 N–H and O–H groups in total. The summed E-state index contributed by atoms with van der Waals surface area (Å²) in [5, 5.41) is 5.44. The fourth-order valence-electron chi connectivity index (χ4n) is 2.04. The summed E-state index contributed by atoms with van der Waals surface area (Å²) >= 11 is 5.99. The highest BCUT2D eigenvalue weighted by Crippen LogP contribution is 2.23. The fraction of sp³-hybridized carbons (Fsp3) is 0.176. The monoisotopic (exact) mass is 350 g/mol.